The highest BCUT2D eigenvalue weighted by Gasteiger charge is 2.16. The summed E-state index contributed by atoms with van der Waals surface area (Å²) in [7, 11) is 0. The Morgan fingerprint density at radius 2 is 2.06 bits per heavy atom. The van der Waals surface area contributed by atoms with Gasteiger partial charge in [0.25, 0.3) is 0 Å². The normalized spacial score (nSPS) is 16.5. The Morgan fingerprint density at radius 1 is 1.33 bits per heavy atom. The van der Waals surface area contributed by atoms with Crippen molar-refractivity contribution >= 4 is 5.97 Å². The minimum absolute atomic E-state index is 0.269. The Kier molecular flexibility index (Phi) is 4.24. The van der Waals surface area contributed by atoms with Gasteiger partial charge >= 0.3 is 5.97 Å². The Bertz CT molecular complexity index is 420. The van der Waals surface area contributed by atoms with Crippen molar-refractivity contribution in [2.45, 2.75) is 39.0 Å². The van der Waals surface area contributed by atoms with Crippen molar-refractivity contribution in [2.75, 3.05) is 6.61 Å². The van der Waals surface area contributed by atoms with Crippen LogP contribution >= 0.6 is 0 Å². The van der Waals surface area contributed by atoms with Crippen molar-refractivity contribution < 1.29 is 14.6 Å². The lowest BCUT2D eigenvalue weighted by Crippen LogP contribution is -2.16. The van der Waals surface area contributed by atoms with E-state index in [0.717, 1.165) is 5.56 Å². The van der Waals surface area contributed by atoms with Gasteiger partial charge in [-0.1, -0.05) is 30.9 Å². The summed E-state index contributed by atoms with van der Waals surface area (Å²) in [5.74, 6) is 0.165. The number of carbonyl (C=O) groups is 1. The second-order valence-electron chi connectivity index (χ2n) is 5.12. The van der Waals surface area contributed by atoms with Crippen molar-refractivity contribution in [3.05, 3.63) is 29.3 Å². The number of aromatic carboxylic acids is 1. The molecular formula is C15H20O3. The van der Waals surface area contributed by atoms with Crippen molar-refractivity contribution in [2.24, 2.45) is 5.92 Å². The summed E-state index contributed by atoms with van der Waals surface area (Å²) in [6, 6.07) is 5.32. The van der Waals surface area contributed by atoms with Crippen molar-refractivity contribution in [3.63, 3.8) is 0 Å². The van der Waals surface area contributed by atoms with Gasteiger partial charge in [-0.2, -0.15) is 0 Å². The number of aryl methyl sites for hydroxylation is 1. The molecule has 98 valence electrons. The second-order valence-corrected chi connectivity index (χ2v) is 5.12. The quantitative estimate of drug-likeness (QED) is 0.884. The van der Waals surface area contributed by atoms with E-state index in [2.05, 4.69) is 0 Å². The molecular weight excluding hydrogens is 228 g/mol. The first kappa shape index (κ1) is 12.9. The average molecular weight is 248 g/mol. The van der Waals surface area contributed by atoms with E-state index in [1.54, 1.807) is 12.1 Å². The number of carboxylic acid groups (broad SMARTS) is 1. The van der Waals surface area contributed by atoms with E-state index in [0.29, 0.717) is 18.3 Å². The van der Waals surface area contributed by atoms with E-state index in [-0.39, 0.29) is 5.56 Å². The SMILES string of the molecule is Cc1ccc(OCC2CCCCC2)c(C(=O)O)c1. The molecule has 1 aromatic carbocycles. The summed E-state index contributed by atoms with van der Waals surface area (Å²) >= 11 is 0. The number of hydrogen-bond acceptors (Lipinski definition) is 2. The van der Waals surface area contributed by atoms with Gasteiger partial charge in [0.05, 0.1) is 6.61 Å². The maximum Gasteiger partial charge on any atom is 0.339 e. The molecule has 18 heavy (non-hydrogen) atoms. The maximum atomic E-state index is 11.1. The van der Waals surface area contributed by atoms with Gasteiger partial charge in [0.1, 0.15) is 11.3 Å². The molecule has 0 unspecified atom stereocenters. The summed E-state index contributed by atoms with van der Waals surface area (Å²) in [5, 5.41) is 9.15. The lowest BCUT2D eigenvalue weighted by Gasteiger charge is -2.22. The molecule has 1 saturated carbocycles. The summed E-state index contributed by atoms with van der Waals surface area (Å²) in [6.45, 7) is 2.53. The molecule has 2 rings (SSSR count). The smallest absolute Gasteiger partial charge is 0.339 e. The third-order valence-electron chi connectivity index (χ3n) is 3.56. The molecule has 1 fully saturated rings. The molecule has 3 nitrogen and oxygen atoms in total. The first-order valence-corrected chi connectivity index (χ1v) is 6.63. The van der Waals surface area contributed by atoms with E-state index >= 15 is 0 Å². The third-order valence-corrected chi connectivity index (χ3v) is 3.56. The van der Waals surface area contributed by atoms with Gasteiger partial charge in [0.2, 0.25) is 0 Å². The highest BCUT2D eigenvalue weighted by atomic mass is 16.5. The molecule has 0 radical (unpaired) electrons. The fourth-order valence-electron chi connectivity index (χ4n) is 2.50. The van der Waals surface area contributed by atoms with Crippen molar-refractivity contribution in [1.82, 2.24) is 0 Å². The number of ether oxygens (including phenoxy) is 1. The van der Waals surface area contributed by atoms with Crippen LogP contribution in [0.4, 0.5) is 0 Å². The van der Waals surface area contributed by atoms with E-state index in [1.165, 1.54) is 32.1 Å². The van der Waals surface area contributed by atoms with Gasteiger partial charge in [-0.3, -0.25) is 0 Å². The predicted molar refractivity (Wildman–Crippen MR) is 70.2 cm³/mol. The summed E-state index contributed by atoms with van der Waals surface area (Å²) < 4.78 is 5.71. The molecule has 1 N–H and O–H groups in total. The molecule has 1 aliphatic rings. The number of rotatable bonds is 4. The zero-order chi connectivity index (χ0) is 13.0. The first-order chi connectivity index (χ1) is 8.66. The van der Waals surface area contributed by atoms with Gasteiger partial charge < -0.3 is 9.84 Å². The van der Waals surface area contributed by atoms with Crippen LogP contribution < -0.4 is 4.74 Å². The van der Waals surface area contributed by atoms with E-state index in [4.69, 9.17) is 9.84 Å². The lowest BCUT2D eigenvalue weighted by molar-refractivity contribution is 0.0690. The van der Waals surface area contributed by atoms with Crippen LogP contribution in [-0.2, 0) is 0 Å². The third kappa shape index (κ3) is 3.25. The standard InChI is InChI=1S/C15H20O3/c1-11-7-8-14(13(9-11)15(16)17)18-10-12-5-3-2-4-6-12/h7-9,12H,2-6,10H2,1H3,(H,16,17). The summed E-state index contributed by atoms with van der Waals surface area (Å²) in [4.78, 5) is 11.1. The molecule has 0 saturated heterocycles. The Hall–Kier alpha value is -1.51. The predicted octanol–water partition coefficient (Wildman–Crippen LogP) is 3.65. The average Bonchev–Trinajstić information content (AvgIpc) is 2.38. The molecule has 0 bridgehead atoms. The van der Waals surface area contributed by atoms with Crippen LogP contribution in [0, 0.1) is 12.8 Å². The maximum absolute atomic E-state index is 11.1. The largest absolute Gasteiger partial charge is 0.492 e. The van der Waals surface area contributed by atoms with E-state index < -0.39 is 5.97 Å². The fourth-order valence-corrected chi connectivity index (χ4v) is 2.50. The molecule has 0 aliphatic heterocycles. The van der Waals surface area contributed by atoms with Gasteiger partial charge in [-0.25, -0.2) is 4.79 Å². The van der Waals surface area contributed by atoms with Crippen LogP contribution in [-0.4, -0.2) is 17.7 Å². The molecule has 1 aromatic rings. The highest BCUT2D eigenvalue weighted by Crippen LogP contribution is 2.26. The topological polar surface area (TPSA) is 46.5 Å². The van der Waals surface area contributed by atoms with Crippen LogP contribution in [0.25, 0.3) is 0 Å². The Morgan fingerprint density at radius 3 is 2.72 bits per heavy atom. The van der Waals surface area contributed by atoms with Crippen LogP contribution in [0.2, 0.25) is 0 Å². The molecule has 0 spiro atoms. The summed E-state index contributed by atoms with van der Waals surface area (Å²) in [5.41, 5.74) is 1.21. The van der Waals surface area contributed by atoms with Crippen molar-refractivity contribution in [3.8, 4) is 5.75 Å². The number of benzene rings is 1. The molecule has 0 aromatic heterocycles. The molecule has 3 heteroatoms. The Labute approximate surface area is 108 Å². The molecule has 0 amide bonds. The number of hydrogen-bond donors (Lipinski definition) is 1. The van der Waals surface area contributed by atoms with E-state index in [9.17, 15) is 4.79 Å². The fraction of sp³-hybridized carbons (Fsp3) is 0.533. The molecule has 0 atom stereocenters. The van der Waals surface area contributed by atoms with E-state index in [1.807, 2.05) is 13.0 Å². The molecule has 0 heterocycles. The van der Waals surface area contributed by atoms with Gasteiger partial charge in [-0.05, 0) is 37.8 Å². The minimum Gasteiger partial charge on any atom is -0.492 e. The van der Waals surface area contributed by atoms with Crippen molar-refractivity contribution in [1.29, 1.82) is 0 Å². The number of carboxylic acids is 1. The van der Waals surface area contributed by atoms with Gasteiger partial charge in [0.15, 0.2) is 0 Å². The van der Waals surface area contributed by atoms with Crippen LogP contribution in [0.3, 0.4) is 0 Å². The van der Waals surface area contributed by atoms with Crippen LogP contribution in [0.15, 0.2) is 18.2 Å². The molecule has 1 aliphatic carbocycles. The van der Waals surface area contributed by atoms with Gasteiger partial charge in [0, 0.05) is 0 Å². The first-order valence-electron chi connectivity index (χ1n) is 6.63. The Balaban J connectivity index is 2.01. The second kappa shape index (κ2) is 5.89. The summed E-state index contributed by atoms with van der Waals surface area (Å²) in [6.07, 6.45) is 6.27. The lowest BCUT2D eigenvalue weighted by atomic mass is 9.90. The van der Waals surface area contributed by atoms with Gasteiger partial charge in [-0.15, -0.1) is 0 Å². The monoisotopic (exact) mass is 248 g/mol. The van der Waals surface area contributed by atoms with Crippen LogP contribution in [0.1, 0.15) is 48.0 Å². The zero-order valence-electron chi connectivity index (χ0n) is 10.8. The highest BCUT2D eigenvalue weighted by molar-refractivity contribution is 5.91. The minimum atomic E-state index is -0.919. The van der Waals surface area contributed by atoms with Crippen LogP contribution in [0.5, 0.6) is 5.75 Å². The zero-order valence-corrected chi connectivity index (χ0v) is 10.8.